The van der Waals surface area contributed by atoms with Crippen LogP contribution in [0.4, 0.5) is 8.78 Å². The van der Waals surface area contributed by atoms with Crippen LogP contribution < -0.4 is 20.8 Å². The van der Waals surface area contributed by atoms with Gasteiger partial charge in [-0.25, -0.2) is 8.78 Å². The first-order valence-electron chi connectivity index (χ1n) is 11.0. The third-order valence-electron chi connectivity index (χ3n) is 6.46. The van der Waals surface area contributed by atoms with Crippen molar-refractivity contribution in [1.82, 2.24) is 21.0 Å². The number of hydrogen-bond acceptors (Lipinski definition) is 6. The molecular formula is C22H26F2N6O4. The highest BCUT2D eigenvalue weighted by atomic mass is 19.1. The fourth-order valence-electron chi connectivity index (χ4n) is 4.85. The van der Waals surface area contributed by atoms with Gasteiger partial charge in [-0.15, -0.1) is 5.43 Å². The SMILES string of the molecule is COc1c(F)ccc2[nH]c(C(=O)N[C@@H]3CC(C)C[N+]3([O-])N[C@H](C#N)C[C@@H]3CCNC3=O)c(F)c12. The highest BCUT2D eigenvalue weighted by molar-refractivity contribution is 6.00. The summed E-state index contributed by atoms with van der Waals surface area (Å²) in [6.07, 6.45) is 0.0454. The lowest BCUT2D eigenvalue weighted by Crippen LogP contribution is -2.64. The molecule has 182 valence electrons. The predicted molar refractivity (Wildman–Crippen MR) is 117 cm³/mol. The normalized spacial score (nSPS) is 27.4. The number of aromatic nitrogens is 1. The first-order chi connectivity index (χ1) is 16.2. The van der Waals surface area contributed by atoms with Gasteiger partial charge in [-0.05, 0) is 25.0 Å². The minimum absolute atomic E-state index is 0.0776. The van der Waals surface area contributed by atoms with Crippen molar-refractivity contribution in [3.05, 3.63) is 34.7 Å². The Balaban J connectivity index is 1.54. The summed E-state index contributed by atoms with van der Waals surface area (Å²) in [5, 5.41) is 28.3. The molecule has 34 heavy (non-hydrogen) atoms. The quantitative estimate of drug-likeness (QED) is 0.355. The summed E-state index contributed by atoms with van der Waals surface area (Å²) in [4.78, 5) is 27.4. The van der Waals surface area contributed by atoms with Crippen LogP contribution in [0.3, 0.4) is 0 Å². The van der Waals surface area contributed by atoms with Gasteiger partial charge in [-0.1, -0.05) is 6.92 Å². The number of nitriles is 1. The van der Waals surface area contributed by atoms with Crippen LogP contribution >= 0.6 is 0 Å². The van der Waals surface area contributed by atoms with Gasteiger partial charge in [-0.3, -0.25) is 19.7 Å². The van der Waals surface area contributed by atoms with Gasteiger partial charge in [0.05, 0.1) is 24.1 Å². The van der Waals surface area contributed by atoms with Crippen LogP contribution in [0.15, 0.2) is 12.1 Å². The number of ether oxygens (including phenoxy) is 1. The third kappa shape index (κ3) is 4.29. The lowest BCUT2D eigenvalue weighted by Gasteiger charge is -2.44. The van der Waals surface area contributed by atoms with Crippen LogP contribution in [0.5, 0.6) is 5.75 Å². The Morgan fingerprint density at radius 2 is 2.21 bits per heavy atom. The molecule has 2 aromatic rings. The van der Waals surface area contributed by atoms with Crippen molar-refractivity contribution in [2.24, 2.45) is 11.8 Å². The minimum Gasteiger partial charge on any atom is -0.610 e. The molecule has 1 aromatic heterocycles. The van der Waals surface area contributed by atoms with E-state index in [4.69, 9.17) is 4.74 Å². The summed E-state index contributed by atoms with van der Waals surface area (Å²) in [5.41, 5.74) is 2.46. The second-order valence-corrected chi connectivity index (χ2v) is 8.95. The second kappa shape index (κ2) is 9.17. The van der Waals surface area contributed by atoms with E-state index in [1.807, 2.05) is 13.0 Å². The van der Waals surface area contributed by atoms with Gasteiger partial charge in [0.2, 0.25) is 5.91 Å². The summed E-state index contributed by atoms with van der Waals surface area (Å²) in [5.74, 6) is -3.59. The zero-order valence-corrected chi connectivity index (χ0v) is 18.8. The topological polar surface area (TPSA) is 142 Å². The number of amides is 2. The van der Waals surface area contributed by atoms with E-state index in [0.29, 0.717) is 19.4 Å². The average molecular weight is 476 g/mol. The fourth-order valence-corrected chi connectivity index (χ4v) is 4.85. The highest BCUT2D eigenvalue weighted by Gasteiger charge is 2.43. The number of carbonyl (C=O) groups is 2. The monoisotopic (exact) mass is 476 g/mol. The molecule has 5 atom stereocenters. The van der Waals surface area contributed by atoms with Gasteiger partial charge in [0.1, 0.15) is 18.3 Å². The van der Waals surface area contributed by atoms with E-state index < -0.39 is 40.2 Å². The van der Waals surface area contributed by atoms with Crippen molar-refractivity contribution in [2.45, 2.75) is 38.4 Å². The minimum atomic E-state index is -1.08. The maximum Gasteiger partial charge on any atom is 0.275 e. The molecular weight excluding hydrogens is 450 g/mol. The molecule has 0 aliphatic carbocycles. The maximum atomic E-state index is 15.1. The maximum absolute atomic E-state index is 15.1. The number of carbonyl (C=O) groups excluding carboxylic acids is 2. The zero-order chi connectivity index (χ0) is 24.6. The van der Waals surface area contributed by atoms with Gasteiger partial charge < -0.3 is 20.2 Å². The second-order valence-electron chi connectivity index (χ2n) is 8.95. The number of benzene rings is 1. The van der Waals surface area contributed by atoms with E-state index in [-0.39, 0.29) is 47.4 Å². The smallest absolute Gasteiger partial charge is 0.275 e. The molecule has 3 heterocycles. The third-order valence-corrected chi connectivity index (χ3v) is 6.46. The van der Waals surface area contributed by atoms with Crippen molar-refractivity contribution in [1.29, 1.82) is 5.26 Å². The number of hydrogen-bond donors (Lipinski definition) is 4. The number of fused-ring (bicyclic) bond motifs is 1. The van der Waals surface area contributed by atoms with Crippen molar-refractivity contribution in [3.63, 3.8) is 0 Å². The number of nitrogens with one attached hydrogen (secondary N) is 4. The molecule has 2 fully saturated rings. The zero-order valence-electron chi connectivity index (χ0n) is 18.8. The van der Waals surface area contributed by atoms with Crippen LogP contribution in [0, 0.1) is 40.0 Å². The lowest BCUT2D eigenvalue weighted by atomic mass is 9.99. The predicted octanol–water partition coefficient (Wildman–Crippen LogP) is 1.79. The van der Waals surface area contributed by atoms with E-state index in [1.54, 1.807) is 0 Å². The van der Waals surface area contributed by atoms with Gasteiger partial charge in [-0.2, -0.15) is 5.26 Å². The van der Waals surface area contributed by atoms with Crippen molar-refractivity contribution >= 4 is 22.7 Å². The van der Waals surface area contributed by atoms with Crippen LogP contribution in [-0.2, 0) is 4.79 Å². The van der Waals surface area contributed by atoms with Gasteiger partial charge in [0, 0.05) is 24.8 Å². The summed E-state index contributed by atoms with van der Waals surface area (Å²) in [6.45, 7) is 2.44. The first-order valence-corrected chi connectivity index (χ1v) is 11.0. The van der Waals surface area contributed by atoms with E-state index in [9.17, 15) is 24.4 Å². The summed E-state index contributed by atoms with van der Waals surface area (Å²) >= 11 is 0. The highest BCUT2D eigenvalue weighted by Crippen LogP contribution is 2.33. The van der Waals surface area contributed by atoms with Crippen LogP contribution in [0.25, 0.3) is 10.9 Å². The number of quaternary nitrogens is 1. The number of hydroxylamine groups is 2. The van der Waals surface area contributed by atoms with Crippen molar-refractivity contribution in [2.75, 3.05) is 20.2 Å². The molecule has 4 N–H and O–H groups in total. The number of nitrogens with zero attached hydrogens (tertiary/aromatic N) is 2. The van der Waals surface area contributed by atoms with E-state index in [1.165, 1.54) is 13.2 Å². The van der Waals surface area contributed by atoms with E-state index in [0.717, 1.165) is 6.07 Å². The number of halogens is 2. The Bertz CT molecular complexity index is 1160. The lowest BCUT2D eigenvalue weighted by molar-refractivity contribution is -0.940. The standard InChI is InChI=1S/C22H26F2N6O4/c1-11-7-16(30(33,10-11)29-13(9-25)8-12-5-6-26-21(12)31)28-22(32)19-18(24)17-15(27-19)4-3-14(23)20(17)34-2/h3-4,11-13,16,27,29H,5-8,10H2,1-2H3,(H,26,31)(H,28,32)/t11?,12-,13-,16-,30?/m0/s1. The first kappa shape index (κ1) is 23.9. The molecule has 1 aromatic carbocycles. The van der Waals surface area contributed by atoms with E-state index >= 15 is 4.39 Å². The Morgan fingerprint density at radius 3 is 2.85 bits per heavy atom. The Morgan fingerprint density at radius 1 is 1.44 bits per heavy atom. The molecule has 2 unspecified atom stereocenters. The Labute approximate surface area is 194 Å². The number of H-pyrrole nitrogens is 1. The number of methoxy groups -OCH3 is 1. The summed E-state index contributed by atoms with van der Waals surface area (Å²) in [6, 6.07) is 3.50. The molecule has 2 amide bonds. The fraction of sp³-hybridized carbons (Fsp3) is 0.500. The molecule has 2 saturated heterocycles. The van der Waals surface area contributed by atoms with Crippen molar-refractivity contribution < 1.29 is 27.9 Å². The molecule has 2 aliphatic heterocycles. The summed E-state index contributed by atoms with van der Waals surface area (Å²) < 4.78 is 32.9. The molecule has 0 radical (unpaired) electrons. The molecule has 0 bridgehead atoms. The molecule has 2 aliphatic rings. The number of aromatic amines is 1. The molecule has 4 rings (SSSR count). The van der Waals surface area contributed by atoms with Crippen LogP contribution in [0.2, 0.25) is 0 Å². The van der Waals surface area contributed by atoms with Crippen LogP contribution in [-0.4, -0.2) is 54.0 Å². The molecule has 0 saturated carbocycles. The molecule has 0 spiro atoms. The Hall–Kier alpha value is -3.27. The summed E-state index contributed by atoms with van der Waals surface area (Å²) in [7, 11) is 1.19. The molecule has 12 heteroatoms. The average Bonchev–Trinajstić information content (AvgIpc) is 3.43. The Kier molecular flexibility index (Phi) is 6.44. The van der Waals surface area contributed by atoms with Gasteiger partial charge >= 0.3 is 0 Å². The molecule has 10 nitrogen and oxygen atoms in total. The van der Waals surface area contributed by atoms with Gasteiger partial charge in [0.25, 0.3) is 5.91 Å². The number of rotatable bonds is 7. The van der Waals surface area contributed by atoms with Crippen LogP contribution in [0.1, 0.15) is 36.7 Å². The van der Waals surface area contributed by atoms with Crippen molar-refractivity contribution in [3.8, 4) is 11.8 Å². The van der Waals surface area contributed by atoms with Gasteiger partial charge in [0.15, 0.2) is 23.5 Å². The largest absolute Gasteiger partial charge is 0.610 e. The van der Waals surface area contributed by atoms with E-state index in [2.05, 4.69) is 21.0 Å².